The number of rotatable bonds is 6. The summed E-state index contributed by atoms with van der Waals surface area (Å²) in [5, 5.41) is 0. The van der Waals surface area contributed by atoms with E-state index in [1.165, 1.54) is 17.7 Å². The third kappa shape index (κ3) is 5.27. The van der Waals surface area contributed by atoms with Crippen LogP contribution in [0.25, 0.3) is 0 Å². The molecule has 2 heterocycles. The minimum atomic E-state index is -0.312. The SMILES string of the molecule is O=C(c1ccc(COc2ccc(F)cc2)o1)N1CCCN(Cc2ccccc2)CC1. The molecule has 0 saturated carbocycles. The monoisotopic (exact) mass is 408 g/mol. The Kier molecular flexibility index (Phi) is 6.44. The van der Waals surface area contributed by atoms with E-state index < -0.39 is 0 Å². The minimum absolute atomic E-state index is 0.0930. The van der Waals surface area contributed by atoms with Crippen molar-refractivity contribution < 1.29 is 18.3 Å². The van der Waals surface area contributed by atoms with Gasteiger partial charge in [-0.15, -0.1) is 0 Å². The molecule has 0 unspecified atom stereocenters. The molecule has 0 radical (unpaired) electrons. The van der Waals surface area contributed by atoms with Crippen molar-refractivity contribution in [2.75, 3.05) is 26.2 Å². The molecule has 2 aromatic carbocycles. The topological polar surface area (TPSA) is 45.9 Å². The predicted octanol–water partition coefficient (Wildman–Crippen LogP) is 4.35. The second-order valence-electron chi connectivity index (χ2n) is 7.42. The fraction of sp³-hybridized carbons (Fsp3) is 0.292. The number of halogens is 1. The van der Waals surface area contributed by atoms with Crippen molar-refractivity contribution in [3.8, 4) is 5.75 Å². The Balaban J connectivity index is 1.30. The van der Waals surface area contributed by atoms with E-state index in [2.05, 4.69) is 29.2 Å². The van der Waals surface area contributed by atoms with Crippen molar-refractivity contribution in [2.45, 2.75) is 19.6 Å². The number of amides is 1. The number of nitrogens with zero attached hydrogens (tertiary/aromatic N) is 2. The molecule has 1 aliphatic heterocycles. The second-order valence-corrected chi connectivity index (χ2v) is 7.42. The quantitative estimate of drug-likeness (QED) is 0.609. The fourth-order valence-corrected chi connectivity index (χ4v) is 3.59. The Hall–Kier alpha value is -3.12. The summed E-state index contributed by atoms with van der Waals surface area (Å²) >= 11 is 0. The maximum Gasteiger partial charge on any atom is 0.289 e. The molecule has 1 saturated heterocycles. The van der Waals surface area contributed by atoms with Crippen molar-refractivity contribution in [1.82, 2.24) is 9.80 Å². The molecule has 1 fully saturated rings. The molecular weight excluding hydrogens is 383 g/mol. The highest BCUT2D eigenvalue weighted by Gasteiger charge is 2.22. The number of carbonyl (C=O) groups excluding carboxylic acids is 1. The lowest BCUT2D eigenvalue weighted by atomic mass is 10.2. The minimum Gasteiger partial charge on any atom is -0.486 e. The first-order valence-corrected chi connectivity index (χ1v) is 10.2. The van der Waals surface area contributed by atoms with Crippen LogP contribution in [0.4, 0.5) is 4.39 Å². The van der Waals surface area contributed by atoms with E-state index in [-0.39, 0.29) is 18.3 Å². The van der Waals surface area contributed by atoms with Gasteiger partial charge in [-0.05, 0) is 48.4 Å². The highest BCUT2D eigenvalue weighted by atomic mass is 19.1. The predicted molar refractivity (Wildman–Crippen MR) is 112 cm³/mol. The standard InChI is InChI=1S/C24H25FN2O3/c25-20-7-9-21(10-8-20)29-18-22-11-12-23(30-22)24(28)27-14-4-13-26(15-16-27)17-19-5-2-1-3-6-19/h1-3,5-12H,4,13-18H2. The molecular formula is C24H25FN2O3. The van der Waals surface area contributed by atoms with Gasteiger partial charge >= 0.3 is 0 Å². The summed E-state index contributed by atoms with van der Waals surface area (Å²) in [6, 6.07) is 19.6. The van der Waals surface area contributed by atoms with Crippen molar-refractivity contribution in [2.24, 2.45) is 0 Å². The first-order valence-electron chi connectivity index (χ1n) is 10.2. The summed E-state index contributed by atoms with van der Waals surface area (Å²) < 4.78 is 24.2. The average Bonchev–Trinajstić information content (AvgIpc) is 3.13. The Bertz CT molecular complexity index is 956. The van der Waals surface area contributed by atoms with Gasteiger partial charge in [0.2, 0.25) is 0 Å². The molecule has 1 aromatic heterocycles. The summed E-state index contributed by atoms with van der Waals surface area (Å²) in [4.78, 5) is 17.1. The molecule has 0 bridgehead atoms. The fourth-order valence-electron chi connectivity index (χ4n) is 3.59. The summed E-state index contributed by atoms with van der Waals surface area (Å²) in [6.45, 7) is 4.27. The van der Waals surface area contributed by atoms with E-state index in [1.54, 1.807) is 24.3 Å². The summed E-state index contributed by atoms with van der Waals surface area (Å²) in [5.74, 6) is 1.02. The normalized spacial score (nSPS) is 15.0. The van der Waals surface area contributed by atoms with Crippen LogP contribution in [0.3, 0.4) is 0 Å². The molecule has 0 N–H and O–H groups in total. The van der Waals surface area contributed by atoms with Crippen molar-refractivity contribution in [3.05, 3.63) is 89.6 Å². The van der Waals surface area contributed by atoms with Crippen LogP contribution < -0.4 is 4.74 Å². The van der Waals surface area contributed by atoms with Crippen LogP contribution in [0.5, 0.6) is 5.75 Å². The molecule has 3 aromatic rings. The third-order valence-electron chi connectivity index (χ3n) is 5.19. The molecule has 0 aliphatic carbocycles. The van der Waals surface area contributed by atoms with E-state index in [0.717, 1.165) is 26.1 Å². The van der Waals surface area contributed by atoms with E-state index in [0.29, 0.717) is 30.4 Å². The van der Waals surface area contributed by atoms with Gasteiger partial charge in [0.1, 0.15) is 23.9 Å². The van der Waals surface area contributed by atoms with Gasteiger partial charge in [0.05, 0.1) is 0 Å². The van der Waals surface area contributed by atoms with Gasteiger partial charge in [0.25, 0.3) is 5.91 Å². The number of hydrogen-bond donors (Lipinski definition) is 0. The first kappa shape index (κ1) is 20.2. The Labute approximate surface area is 175 Å². The summed E-state index contributed by atoms with van der Waals surface area (Å²) in [5.41, 5.74) is 1.29. The number of ether oxygens (including phenoxy) is 1. The van der Waals surface area contributed by atoms with E-state index in [9.17, 15) is 9.18 Å². The van der Waals surface area contributed by atoms with Gasteiger partial charge in [-0.3, -0.25) is 9.69 Å². The maximum atomic E-state index is 13.0. The molecule has 156 valence electrons. The molecule has 5 nitrogen and oxygen atoms in total. The Morgan fingerprint density at radius 1 is 0.933 bits per heavy atom. The van der Waals surface area contributed by atoms with Crippen LogP contribution in [0.2, 0.25) is 0 Å². The number of benzene rings is 2. The number of furan rings is 1. The lowest BCUT2D eigenvalue weighted by molar-refractivity contribution is 0.0725. The molecule has 0 spiro atoms. The zero-order valence-corrected chi connectivity index (χ0v) is 16.8. The summed E-state index contributed by atoms with van der Waals surface area (Å²) in [6.07, 6.45) is 0.930. The van der Waals surface area contributed by atoms with Gasteiger partial charge < -0.3 is 14.1 Å². The average molecular weight is 408 g/mol. The first-order chi connectivity index (χ1) is 14.7. The molecule has 6 heteroatoms. The van der Waals surface area contributed by atoms with Gasteiger partial charge in [0, 0.05) is 32.7 Å². The highest BCUT2D eigenvalue weighted by molar-refractivity contribution is 5.91. The van der Waals surface area contributed by atoms with Gasteiger partial charge in [-0.1, -0.05) is 30.3 Å². The lowest BCUT2D eigenvalue weighted by Gasteiger charge is -2.21. The Morgan fingerprint density at radius 3 is 2.53 bits per heavy atom. The molecule has 0 atom stereocenters. The molecule has 30 heavy (non-hydrogen) atoms. The van der Waals surface area contributed by atoms with Crippen LogP contribution in [-0.4, -0.2) is 41.9 Å². The molecule has 1 amide bonds. The van der Waals surface area contributed by atoms with Crippen LogP contribution in [-0.2, 0) is 13.2 Å². The number of carbonyl (C=O) groups is 1. The van der Waals surface area contributed by atoms with Crippen LogP contribution in [0.1, 0.15) is 28.3 Å². The maximum absolute atomic E-state index is 13.0. The highest BCUT2D eigenvalue weighted by Crippen LogP contribution is 2.17. The van der Waals surface area contributed by atoms with Crippen molar-refractivity contribution >= 4 is 5.91 Å². The zero-order valence-electron chi connectivity index (χ0n) is 16.8. The van der Waals surface area contributed by atoms with Crippen LogP contribution in [0, 0.1) is 5.82 Å². The van der Waals surface area contributed by atoms with Crippen molar-refractivity contribution in [1.29, 1.82) is 0 Å². The Morgan fingerprint density at radius 2 is 1.73 bits per heavy atom. The van der Waals surface area contributed by atoms with E-state index >= 15 is 0 Å². The molecule has 4 rings (SSSR count). The van der Waals surface area contributed by atoms with Crippen LogP contribution in [0.15, 0.2) is 71.1 Å². The second kappa shape index (κ2) is 9.59. The van der Waals surface area contributed by atoms with Gasteiger partial charge in [-0.2, -0.15) is 0 Å². The van der Waals surface area contributed by atoms with Gasteiger partial charge in [-0.25, -0.2) is 4.39 Å². The van der Waals surface area contributed by atoms with Gasteiger partial charge in [0.15, 0.2) is 5.76 Å². The number of hydrogen-bond acceptors (Lipinski definition) is 4. The lowest BCUT2D eigenvalue weighted by Crippen LogP contribution is -2.34. The largest absolute Gasteiger partial charge is 0.486 e. The van der Waals surface area contributed by atoms with Crippen molar-refractivity contribution in [3.63, 3.8) is 0 Å². The van der Waals surface area contributed by atoms with Crippen LogP contribution >= 0.6 is 0 Å². The van der Waals surface area contributed by atoms with E-state index in [1.807, 2.05) is 11.0 Å². The smallest absolute Gasteiger partial charge is 0.289 e. The zero-order chi connectivity index (χ0) is 20.8. The summed E-state index contributed by atoms with van der Waals surface area (Å²) in [7, 11) is 0. The van der Waals surface area contributed by atoms with E-state index in [4.69, 9.17) is 9.15 Å². The third-order valence-corrected chi connectivity index (χ3v) is 5.19. The molecule has 1 aliphatic rings.